The van der Waals surface area contributed by atoms with Gasteiger partial charge in [-0.15, -0.1) is 0 Å². The summed E-state index contributed by atoms with van der Waals surface area (Å²) in [6, 6.07) is 8.00. The van der Waals surface area contributed by atoms with E-state index in [2.05, 4.69) is 11.8 Å². The summed E-state index contributed by atoms with van der Waals surface area (Å²) in [4.78, 5) is 2.40. The van der Waals surface area contributed by atoms with Gasteiger partial charge in [-0.2, -0.15) is 0 Å². The lowest BCUT2D eigenvalue weighted by molar-refractivity contribution is 0.110. The Morgan fingerprint density at radius 2 is 2.00 bits per heavy atom. The number of aliphatic hydroxyl groups excluding tert-OH is 1. The van der Waals surface area contributed by atoms with Gasteiger partial charge in [0.05, 0.1) is 6.10 Å². The van der Waals surface area contributed by atoms with Crippen molar-refractivity contribution in [1.82, 2.24) is 4.90 Å². The molecule has 3 N–H and O–H groups in total. The number of benzene rings is 1. The molecule has 106 valence electrons. The molecule has 1 aliphatic carbocycles. The normalized spacial score (nSPS) is 16.8. The first-order valence-corrected chi connectivity index (χ1v) is 7.42. The Hall–Kier alpha value is -0.900. The van der Waals surface area contributed by atoms with Crippen molar-refractivity contribution in [3.05, 3.63) is 35.4 Å². The minimum atomic E-state index is -0.392. The minimum Gasteiger partial charge on any atom is -0.387 e. The van der Waals surface area contributed by atoms with Gasteiger partial charge in [0.1, 0.15) is 0 Å². The van der Waals surface area contributed by atoms with Crippen molar-refractivity contribution < 1.29 is 5.11 Å². The highest BCUT2D eigenvalue weighted by atomic mass is 16.3. The number of nitrogens with two attached hydrogens (primary N) is 1. The SMILES string of the molecule is CCCN(CC1CC1)CC(O)c1ccc(CN)cc1. The van der Waals surface area contributed by atoms with E-state index in [9.17, 15) is 5.11 Å². The van der Waals surface area contributed by atoms with Gasteiger partial charge < -0.3 is 15.7 Å². The van der Waals surface area contributed by atoms with Crippen LogP contribution in [0.4, 0.5) is 0 Å². The lowest BCUT2D eigenvalue weighted by atomic mass is 10.1. The maximum absolute atomic E-state index is 10.3. The van der Waals surface area contributed by atoms with Gasteiger partial charge >= 0.3 is 0 Å². The van der Waals surface area contributed by atoms with E-state index in [4.69, 9.17) is 5.73 Å². The monoisotopic (exact) mass is 262 g/mol. The highest BCUT2D eigenvalue weighted by molar-refractivity contribution is 5.24. The second-order valence-corrected chi connectivity index (χ2v) is 5.66. The standard InChI is InChI=1S/C16H26N2O/c1-2-9-18(11-14-3-4-14)12-16(19)15-7-5-13(10-17)6-8-15/h5-8,14,16,19H,2-4,9-12,17H2,1H3. The van der Waals surface area contributed by atoms with Gasteiger partial charge in [-0.05, 0) is 42.9 Å². The van der Waals surface area contributed by atoms with E-state index in [1.807, 2.05) is 24.3 Å². The molecule has 0 aromatic heterocycles. The summed E-state index contributed by atoms with van der Waals surface area (Å²) < 4.78 is 0. The molecule has 1 atom stereocenters. The lowest BCUT2D eigenvalue weighted by Crippen LogP contribution is -2.31. The van der Waals surface area contributed by atoms with Crippen LogP contribution in [0.5, 0.6) is 0 Å². The van der Waals surface area contributed by atoms with Crippen LogP contribution >= 0.6 is 0 Å². The smallest absolute Gasteiger partial charge is 0.0916 e. The van der Waals surface area contributed by atoms with Crippen molar-refractivity contribution >= 4 is 0 Å². The zero-order chi connectivity index (χ0) is 13.7. The van der Waals surface area contributed by atoms with Crippen LogP contribution in [0.3, 0.4) is 0 Å². The van der Waals surface area contributed by atoms with Crippen molar-refractivity contribution in [2.75, 3.05) is 19.6 Å². The van der Waals surface area contributed by atoms with E-state index < -0.39 is 6.10 Å². The van der Waals surface area contributed by atoms with E-state index in [-0.39, 0.29) is 0 Å². The van der Waals surface area contributed by atoms with Gasteiger partial charge in [-0.25, -0.2) is 0 Å². The Labute approximate surface area is 116 Å². The summed E-state index contributed by atoms with van der Waals surface area (Å²) in [5.74, 6) is 0.873. The van der Waals surface area contributed by atoms with Crippen molar-refractivity contribution in [2.24, 2.45) is 11.7 Å². The highest BCUT2D eigenvalue weighted by Crippen LogP contribution is 2.30. The second-order valence-electron chi connectivity index (χ2n) is 5.66. The van der Waals surface area contributed by atoms with Gasteiger partial charge in [-0.3, -0.25) is 0 Å². The van der Waals surface area contributed by atoms with Crippen molar-refractivity contribution in [3.8, 4) is 0 Å². The number of nitrogens with zero attached hydrogens (tertiary/aromatic N) is 1. The van der Waals surface area contributed by atoms with Gasteiger partial charge in [0.25, 0.3) is 0 Å². The maximum Gasteiger partial charge on any atom is 0.0916 e. The largest absolute Gasteiger partial charge is 0.387 e. The molecule has 19 heavy (non-hydrogen) atoms. The Balaban J connectivity index is 1.90. The summed E-state index contributed by atoms with van der Waals surface area (Å²) in [6.45, 7) is 5.72. The van der Waals surface area contributed by atoms with Crippen LogP contribution in [0.25, 0.3) is 0 Å². The predicted octanol–water partition coefficient (Wildman–Crippen LogP) is 2.30. The first-order valence-electron chi connectivity index (χ1n) is 7.42. The lowest BCUT2D eigenvalue weighted by Gasteiger charge is -2.24. The molecule has 3 nitrogen and oxygen atoms in total. The van der Waals surface area contributed by atoms with Crippen LogP contribution in [0.1, 0.15) is 43.4 Å². The topological polar surface area (TPSA) is 49.5 Å². The molecule has 3 heteroatoms. The zero-order valence-corrected chi connectivity index (χ0v) is 11.9. The predicted molar refractivity (Wildman–Crippen MR) is 78.7 cm³/mol. The van der Waals surface area contributed by atoms with Crippen LogP contribution in [0.2, 0.25) is 0 Å². The summed E-state index contributed by atoms with van der Waals surface area (Å²) >= 11 is 0. The quantitative estimate of drug-likeness (QED) is 0.756. The highest BCUT2D eigenvalue weighted by Gasteiger charge is 2.25. The molecule has 0 heterocycles. The Morgan fingerprint density at radius 1 is 1.32 bits per heavy atom. The van der Waals surface area contributed by atoms with E-state index >= 15 is 0 Å². The van der Waals surface area contributed by atoms with Crippen molar-refractivity contribution in [1.29, 1.82) is 0 Å². The van der Waals surface area contributed by atoms with E-state index in [1.165, 1.54) is 12.8 Å². The zero-order valence-electron chi connectivity index (χ0n) is 11.9. The minimum absolute atomic E-state index is 0.392. The first-order chi connectivity index (χ1) is 9.22. The van der Waals surface area contributed by atoms with Gasteiger partial charge in [0, 0.05) is 19.6 Å². The fourth-order valence-electron chi connectivity index (χ4n) is 2.46. The molecule has 1 aromatic carbocycles. The molecule has 0 saturated heterocycles. The second kappa shape index (κ2) is 7.04. The fraction of sp³-hybridized carbons (Fsp3) is 0.625. The molecule has 0 bridgehead atoms. The molecule has 1 saturated carbocycles. The van der Waals surface area contributed by atoms with Gasteiger partial charge in [0.2, 0.25) is 0 Å². The van der Waals surface area contributed by atoms with E-state index in [1.54, 1.807) is 0 Å². The summed E-state index contributed by atoms with van der Waals surface area (Å²) in [7, 11) is 0. The average molecular weight is 262 g/mol. The number of rotatable bonds is 8. The molecule has 0 radical (unpaired) electrons. The summed E-state index contributed by atoms with van der Waals surface area (Å²) in [6.07, 6.45) is 3.48. The van der Waals surface area contributed by atoms with Gasteiger partial charge in [0.15, 0.2) is 0 Å². The molecule has 1 fully saturated rings. The average Bonchev–Trinajstić information content (AvgIpc) is 3.23. The Kier molecular flexibility index (Phi) is 5.37. The molecule has 0 aliphatic heterocycles. The van der Waals surface area contributed by atoms with Crippen LogP contribution in [0, 0.1) is 5.92 Å². The number of hydrogen-bond acceptors (Lipinski definition) is 3. The third kappa shape index (κ3) is 4.60. The molecular formula is C16H26N2O. The summed E-state index contributed by atoms with van der Waals surface area (Å²) in [5, 5.41) is 10.3. The third-order valence-corrected chi connectivity index (χ3v) is 3.78. The summed E-state index contributed by atoms with van der Waals surface area (Å²) in [5.41, 5.74) is 7.69. The first kappa shape index (κ1) is 14.5. The van der Waals surface area contributed by atoms with Crippen molar-refractivity contribution in [2.45, 2.75) is 38.8 Å². The van der Waals surface area contributed by atoms with E-state index in [0.29, 0.717) is 6.54 Å². The van der Waals surface area contributed by atoms with E-state index in [0.717, 1.165) is 43.1 Å². The number of aliphatic hydroxyl groups is 1. The number of hydrogen-bond donors (Lipinski definition) is 2. The van der Waals surface area contributed by atoms with Crippen LogP contribution < -0.4 is 5.73 Å². The Bertz CT molecular complexity index is 373. The van der Waals surface area contributed by atoms with Crippen LogP contribution in [-0.2, 0) is 6.54 Å². The molecule has 2 rings (SSSR count). The van der Waals surface area contributed by atoms with Gasteiger partial charge in [-0.1, -0.05) is 31.2 Å². The molecule has 0 spiro atoms. The molecule has 1 unspecified atom stereocenters. The molecule has 1 aromatic rings. The molecular weight excluding hydrogens is 236 g/mol. The molecule has 1 aliphatic rings. The molecule has 0 amide bonds. The Morgan fingerprint density at radius 3 is 2.53 bits per heavy atom. The van der Waals surface area contributed by atoms with Crippen LogP contribution in [-0.4, -0.2) is 29.6 Å². The fourth-order valence-corrected chi connectivity index (χ4v) is 2.46. The maximum atomic E-state index is 10.3. The van der Waals surface area contributed by atoms with Crippen LogP contribution in [0.15, 0.2) is 24.3 Å². The third-order valence-electron chi connectivity index (χ3n) is 3.78. The van der Waals surface area contributed by atoms with Crippen molar-refractivity contribution in [3.63, 3.8) is 0 Å².